The highest BCUT2D eigenvalue weighted by Gasteiger charge is 2.63. The normalized spacial score (nSPS) is 22.6. The van der Waals surface area contributed by atoms with Crippen LogP contribution in [0.4, 0.5) is 0 Å². The molecule has 5 rings (SSSR count). The second-order valence-corrected chi connectivity index (χ2v) is 7.95. The van der Waals surface area contributed by atoms with Crippen molar-refractivity contribution in [2.75, 3.05) is 0 Å². The van der Waals surface area contributed by atoms with Gasteiger partial charge in [-0.15, -0.1) is 0 Å². The molecule has 0 spiro atoms. The quantitative estimate of drug-likeness (QED) is 0.573. The second kappa shape index (κ2) is 7.27. The molecule has 0 radical (unpaired) electrons. The Balaban J connectivity index is 1.78. The van der Waals surface area contributed by atoms with Gasteiger partial charge in [-0.1, -0.05) is 84.9 Å². The van der Waals surface area contributed by atoms with Crippen molar-refractivity contribution in [3.8, 4) is 12.1 Å². The number of carbonyl (C=O) groups is 1. The molecular weight excluding hydrogens is 382 g/mol. The SMILES string of the molecule is N#CC1(C#N)[C@H](c2ccccc2)[C@@H](C(=O)c2ccccc2)N2C=Cc3ccccc3[C@H]21. The minimum atomic E-state index is -1.42. The smallest absolute Gasteiger partial charge is 0.185 e. The van der Waals surface area contributed by atoms with Crippen LogP contribution < -0.4 is 0 Å². The number of hydrogen-bond acceptors (Lipinski definition) is 4. The highest BCUT2D eigenvalue weighted by Crippen LogP contribution is 2.59. The van der Waals surface area contributed by atoms with Crippen LogP contribution in [0.3, 0.4) is 0 Å². The number of ketones is 1. The zero-order valence-electron chi connectivity index (χ0n) is 16.7. The Morgan fingerprint density at radius 1 is 0.839 bits per heavy atom. The lowest BCUT2D eigenvalue weighted by atomic mass is 9.67. The molecule has 0 aliphatic carbocycles. The molecule has 4 heteroatoms. The summed E-state index contributed by atoms with van der Waals surface area (Å²) in [6.07, 6.45) is 3.84. The lowest BCUT2D eigenvalue weighted by molar-refractivity contribution is 0.0874. The van der Waals surface area contributed by atoms with Gasteiger partial charge in [-0.25, -0.2) is 0 Å². The van der Waals surface area contributed by atoms with Crippen molar-refractivity contribution in [3.05, 3.63) is 113 Å². The molecule has 31 heavy (non-hydrogen) atoms. The standard InChI is InChI=1S/C27H19N3O/c28-17-27(18-29)23(20-10-3-1-4-11-20)24(25(31)21-12-5-2-6-13-21)30-16-15-19-9-7-8-14-22(19)26(27)30/h1-16,23-24,26H/t23-,24+,26+/m1/s1. The molecule has 148 valence electrons. The molecule has 0 bridgehead atoms. The van der Waals surface area contributed by atoms with Crippen molar-refractivity contribution in [3.63, 3.8) is 0 Å². The Hall–Kier alpha value is -4.15. The van der Waals surface area contributed by atoms with Crippen LogP contribution in [-0.2, 0) is 0 Å². The average molecular weight is 401 g/mol. The van der Waals surface area contributed by atoms with E-state index >= 15 is 0 Å². The Morgan fingerprint density at radius 2 is 1.45 bits per heavy atom. The maximum Gasteiger partial charge on any atom is 0.185 e. The van der Waals surface area contributed by atoms with Gasteiger partial charge in [0.15, 0.2) is 11.2 Å². The van der Waals surface area contributed by atoms with Crippen LogP contribution in [0, 0.1) is 28.1 Å². The number of fused-ring (bicyclic) bond motifs is 3. The van der Waals surface area contributed by atoms with Crippen LogP contribution in [0.1, 0.15) is 39.0 Å². The monoisotopic (exact) mass is 401 g/mol. The number of nitriles is 2. The molecule has 0 saturated carbocycles. The van der Waals surface area contributed by atoms with Gasteiger partial charge >= 0.3 is 0 Å². The summed E-state index contributed by atoms with van der Waals surface area (Å²) in [4.78, 5) is 15.8. The summed E-state index contributed by atoms with van der Waals surface area (Å²) in [5, 5.41) is 20.9. The van der Waals surface area contributed by atoms with Gasteiger partial charge in [0.25, 0.3) is 0 Å². The number of benzene rings is 3. The van der Waals surface area contributed by atoms with E-state index in [1.54, 1.807) is 12.1 Å². The van der Waals surface area contributed by atoms with E-state index in [4.69, 9.17) is 0 Å². The van der Waals surface area contributed by atoms with Crippen LogP contribution in [-0.4, -0.2) is 16.7 Å². The predicted octanol–water partition coefficient (Wildman–Crippen LogP) is 5.10. The van der Waals surface area contributed by atoms with Gasteiger partial charge in [-0.2, -0.15) is 10.5 Å². The lowest BCUT2D eigenvalue weighted by Gasteiger charge is -2.34. The van der Waals surface area contributed by atoms with Crippen LogP contribution >= 0.6 is 0 Å². The first kappa shape index (κ1) is 18.9. The van der Waals surface area contributed by atoms with Crippen molar-refractivity contribution < 1.29 is 4.79 Å². The third-order valence-electron chi connectivity index (χ3n) is 6.43. The highest BCUT2D eigenvalue weighted by molar-refractivity contribution is 6.01. The van der Waals surface area contributed by atoms with E-state index in [2.05, 4.69) is 12.1 Å². The molecule has 2 aliphatic rings. The van der Waals surface area contributed by atoms with Gasteiger partial charge in [0.2, 0.25) is 0 Å². The van der Waals surface area contributed by atoms with Crippen molar-refractivity contribution >= 4 is 11.9 Å². The van der Waals surface area contributed by atoms with Gasteiger partial charge in [-0.05, 0) is 22.8 Å². The number of carbonyl (C=O) groups excluding carboxylic acids is 1. The van der Waals surface area contributed by atoms with E-state index in [0.29, 0.717) is 5.56 Å². The maximum atomic E-state index is 13.8. The van der Waals surface area contributed by atoms with Gasteiger partial charge in [0, 0.05) is 17.7 Å². The highest BCUT2D eigenvalue weighted by atomic mass is 16.1. The van der Waals surface area contributed by atoms with Crippen LogP contribution in [0.15, 0.2) is 91.1 Å². The summed E-state index contributed by atoms with van der Waals surface area (Å²) in [5.41, 5.74) is 1.85. The molecule has 0 aromatic heterocycles. The van der Waals surface area contributed by atoms with E-state index in [0.717, 1.165) is 16.7 Å². The van der Waals surface area contributed by atoms with Crippen molar-refractivity contribution in [2.24, 2.45) is 5.41 Å². The Morgan fingerprint density at radius 3 is 2.13 bits per heavy atom. The fourth-order valence-corrected chi connectivity index (χ4v) is 5.10. The minimum absolute atomic E-state index is 0.0872. The first-order chi connectivity index (χ1) is 15.2. The lowest BCUT2D eigenvalue weighted by Crippen LogP contribution is -2.37. The number of nitrogens with zero attached hydrogens (tertiary/aromatic N) is 3. The van der Waals surface area contributed by atoms with Crippen LogP contribution in [0.2, 0.25) is 0 Å². The molecule has 2 aliphatic heterocycles. The fraction of sp³-hybridized carbons (Fsp3) is 0.148. The van der Waals surface area contributed by atoms with Gasteiger partial charge < -0.3 is 4.90 Å². The van der Waals surface area contributed by atoms with E-state index in [1.807, 2.05) is 90.0 Å². The van der Waals surface area contributed by atoms with Crippen LogP contribution in [0.25, 0.3) is 6.08 Å². The molecule has 3 aromatic rings. The fourth-order valence-electron chi connectivity index (χ4n) is 5.10. The largest absolute Gasteiger partial charge is 0.357 e. The summed E-state index contributed by atoms with van der Waals surface area (Å²) in [5.74, 6) is -0.687. The van der Waals surface area contributed by atoms with Gasteiger partial charge in [-0.3, -0.25) is 4.79 Å². The van der Waals surface area contributed by atoms with E-state index < -0.39 is 23.4 Å². The summed E-state index contributed by atoms with van der Waals surface area (Å²) < 4.78 is 0. The van der Waals surface area contributed by atoms with Crippen molar-refractivity contribution in [2.45, 2.75) is 18.0 Å². The molecule has 4 nitrogen and oxygen atoms in total. The molecule has 1 fully saturated rings. The molecule has 1 saturated heterocycles. The maximum absolute atomic E-state index is 13.8. The Kier molecular flexibility index (Phi) is 4.42. The first-order valence-electron chi connectivity index (χ1n) is 10.2. The van der Waals surface area contributed by atoms with Crippen LogP contribution in [0.5, 0.6) is 0 Å². The predicted molar refractivity (Wildman–Crippen MR) is 117 cm³/mol. The average Bonchev–Trinajstić information content (AvgIpc) is 3.15. The molecule has 0 N–H and O–H groups in total. The molecular formula is C27H19N3O. The molecule has 2 heterocycles. The zero-order chi connectivity index (χ0) is 21.4. The molecule has 0 amide bonds. The first-order valence-corrected chi connectivity index (χ1v) is 10.2. The topological polar surface area (TPSA) is 67.9 Å². The minimum Gasteiger partial charge on any atom is -0.357 e. The summed E-state index contributed by atoms with van der Waals surface area (Å²) in [7, 11) is 0. The zero-order valence-corrected chi connectivity index (χ0v) is 16.7. The summed E-state index contributed by atoms with van der Waals surface area (Å²) >= 11 is 0. The molecule has 0 unspecified atom stereocenters. The van der Waals surface area contributed by atoms with Crippen molar-refractivity contribution in [1.29, 1.82) is 10.5 Å². The molecule has 3 atom stereocenters. The number of Topliss-reactive ketones (excluding diaryl/α,β-unsaturated/α-hetero) is 1. The third-order valence-corrected chi connectivity index (χ3v) is 6.43. The second-order valence-electron chi connectivity index (χ2n) is 7.95. The Labute approximate surface area is 181 Å². The molecule has 3 aromatic carbocycles. The van der Waals surface area contributed by atoms with E-state index in [-0.39, 0.29) is 5.78 Å². The van der Waals surface area contributed by atoms with Crippen molar-refractivity contribution in [1.82, 2.24) is 4.90 Å². The summed E-state index contributed by atoms with van der Waals surface area (Å²) in [6, 6.07) is 29.9. The number of rotatable bonds is 3. The Bertz CT molecular complexity index is 1240. The third kappa shape index (κ3) is 2.70. The van der Waals surface area contributed by atoms with Gasteiger partial charge in [0.1, 0.15) is 6.04 Å². The number of hydrogen-bond donors (Lipinski definition) is 0. The van der Waals surface area contributed by atoms with Gasteiger partial charge in [0.05, 0.1) is 18.2 Å². The van der Waals surface area contributed by atoms with E-state index in [1.165, 1.54) is 0 Å². The summed E-state index contributed by atoms with van der Waals surface area (Å²) in [6.45, 7) is 0. The van der Waals surface area contributed by atoms with E-state index in [9.17, 15) is 15.3 Å².